The number of hydrogen-bond acceptors (Lipinski definition) is 6. The molecule has 0 saturated carbocycles. The molecule has 1 N–H and O–H groups in total. The van der Waals surface area contributed by atoms with Gasteiger partial charge in [-0.05, 0) is 69.6 Å². The third-order valence-electron chi connectivity index (χ3n) is 2.43. The minimum absolute atomic E-state index is 0.00532. The molecule has 0 bridgehead atoms. The Morgan fingerprint density at radius 1 is 1.08 bits per heavy atom. The summed E-state index contributed by atoms with van der Waals surface area (Å²) < 4.78 is 11.1. The van der Waals surface area contributed by atoms with Gasteiger partial charge in [-0.2, -0.15) is 4.90 Å². The third kappa shape index (κ3) is 6.09. The lowest BCUT2D eigenvalue weighted by molar-refractivity contribution is 0.0429. The standard InChI is InChI=1S/C16H23BrN2O5/c1-15(2,3)23-13(21)19(14(22)24-16(4,5)6)12-8-7-10(17)11(9-20)18-12/h7-8,20H,9H2,1-6H3. The van der Waals surface area contributed by atoms with Gasteiger partial charge in [0.1, 0.15) is 17.0 Å². The summed E-state index contributed by atoms with van der Waals surface area (Å²) in [4.78, 5) is 29.8. The summed E-state index contributed by atoms with van der Waals surface area (Å²) in [5, 5.41) is 9.33. The molecule has 0 saturated heterocycles. The fourth-order valence-corrected chi connectivity index (χ4v) is 1.93. The Kier molecular flexibility index (Phi) is 6.35. The fourth-order valence-electron chi connectivity index (χ4n) is 1.58. The molecule has 1 heterocycles. The highest BCUT2D eigenvalue weighted by molar-refractivity contribution is 9.10. The second-order valence-electron chi connectivity index (χ2n) is 7.05. The van der Waals surface area contributed by atoms with Crippen molar-refractivity contribution in [1.82, 2.24) is 4.98 Å². The summed E-state index contributed by atoms with van der Waals surface area (Å²) in [7, 11) is 0. The van der Waals surface area contributed by atoms with Gasteiger partial charge in [-0.25, -0.2) is 14.6 Å². The molecule has 0 radical (unpaired) electrons. The molecule has 8 heteroatoms. The number of halogens is 1. The predicted octanol–water partition coefficient (Wildman–Crippen LogP) is 4.01. The van der Waals surface area contributed by atoms with E-state index in [9.17, 15) is 14.7 Å². The molecular weight excluding hydrogens is 380 g/mol. The largest absolute Gasteiger partial charge is 0.443 e. The van der Waals surface area contributed by atoms with Crippen molar-refractivity contribution in [2.24, 2.45) is 0 Å². The SMILES string of the molecule is CC(C)(C)OC(=O)N(C(=O)OC(C)(C)C)c1ccc(Br)c(CO)n1. The van der Waals surface area contributed by atoms with Crippen LogP contribution in [0.3, 0.4) is 0 Å². The van der Waals surface area contributed by atoms with Crippen molar-refractivity contribution >= 4 is 33.9 Å². The normalized spacial score (nSPS) is 11.8. The molecule has 7 nitrogen and oxygen atoms in total. The van der Waals surface area contributed by atoms with Gasteiger partial charge in [0, 0.05) is 4.47 Å². The van der Waals surface area contributed by atoms with Crippen molar-refractivity contribution in [2.45, 2.75) is 59.4 Å². The molecule has 0 aliphatic rings. The number of aliphatic hydroxyl groups excluding tert-OH is 1. The molecule has 0 unspecified atom stereocenters. The van der Waals surface area contributed by atoms with Gasteiger partial charge in [0.15, 0.2) is 0 Å². The van der Waals surface area contributed by atoms with Crippen LogP contribution in [0.15, 0.2) is 16.6 Å². The number of pyridine rings is 1. The molecule has 134 valence electrons. The molecule has 0 fully saturated rings. The quantitative estimate of drug-likeness (QED) is 0.803. The first-order valence-electron chi connectivity index (χ1n) is 7.36. The predicted molar refractivity (Wildman–Crippen MR) is 92.8 cm³/mol. The molecule has 0 aliphatic heterocycles. The van der Waals surface area contributed by atoms with Crippen LogP contribution in [0.2, 0.25) is 0 Å². The van der Waals surface area contributed by atoms with Gasteiger partial charge in [-0.3, -0.25) is 0 Å². The number of ether oxygens (including phenoxy) is 2. The van der Waals surface area contributed by atoms with E-state index < -0.39 is 23.4 Å². The first-order chi connectivity index (χ1) is 10.8. The summed E-state index contributed by atoms with van der Waals surface area (Å²) >= 11 is 3.24. The number of anilines is 1. The fraction of sp³-hybridized carbons (Fsp3) is 0.562. The van der Waals surface area contributed by atoms with Crippen LogP contribution in [0.25, 0.3) is 0 Å². The topological polar surface area (TPSA) is 89.0 Å². The maximum atomic E-state index is 12.5. The van der Waals surface area contributed by atoms with E-state index >= 15 is 0 Å². The highest BCUT2D eigenvalue weighted by atomic mass is 79.9. The highest BCUT2D eigenvalue weighted by Gasteiger charge is 2.33. The smallest absolute Gasteiger partial charge is 0.425 e. The number of aromatic nitrogens is 1. The molecule has 0 atom stereocenters. The summed E-state index contributed by atoms with van der Waals surface area (Å²) in [5.41, 5.74) is -1.32. The van der Waals surface area contributed by atoms with Crippen LogP contribution >= 0.6 is 15.9 Å². The Morgan fingerprint density at radius 2 is 1.54 bits per heavy atom. The zero-order valence-electron chi connectivity index (χ0n) is 14.7. The van der Waals surface area contributed by atoms with Crippen molar-refractivity contribution in [3.8, 4) is 0 Å². The van der Waals surface area contributed by atoms with E-state index in [2.05, 4.69) is 20.9 Å². The Balaban J connectivity index is 3.27. The maximum Gasteiger partial charge on any atom is 0.425 e. The van der Waals surface area contributed by atoms with Crippen molar-refractivity contribution in [1.29, 1.82) is 0 Å². The Labute approximate surface area is 150 Å². The van der Waals surface area contributed by atoms with E-state index in [-0.39, 0.29) is 18.1 Å². The Hall–Kier alpha value is -1.67. The van der Waals surface area contributed by atoms with Crippen molar-refractivity contribution in [3.63, 3.8) is 0 Å². The molecule has 0 aromatic carbocycles. The number of rotatable bonds is 2. The van der Waals surface area contributed by atoms with Crippen molar-refractivity contribution in [2.75, 3.05) is 4.90 Å². The third-order valence-corrected chi connectivity index (χ3v) is 3.16. The maximum absolute atomic E-state index is 12.5. The number of hydrogen-bond donors (Lipinski definition) is 1. The monoisotopic (exact) mass is 402 g/mol. The summed E-state index contributed by atoms with van der Waals surface area (Å²) in [5.74, 6) is 0.00532. The van der Waals surface area contributed by atoms with Crippen LogP contribution < -0.4 is 4.90 Å². The summed E-state index contributed by atoms with van der Waals surface area (Å²) in [6.45, 7) is 9.76. The number of carbonyl (C=O) groups is 2. The van der Waals surface area contributed by atoms with Crippen LogP contribution in [0.5, 0.6) is 0 Å². The minimum atomic E-state index is -0.907. The number of amides is 2. The lowest BCUT2D eigenvalue weighted by Crippen LogP contribution is -2.44. The lowest BCUT2D eigenvalue weighted by Gasteiger charge is -2.28. The number of aliphatic hydroxyl groups is 1. The Morgan fingerprint density at radius 3 is 1.92 bits per heavy atom. The molecule has 1 aromatic heterocycles. The molecule has 1 rings (SSSR count). The second kappa shape index (κ2) is 7.48. The summed E-state index contributed by atoms with van der Waals surface area (Å²) in [6.07, 6.45) is -1.81. The van der Waals surface area contributed by atoms with Crippen LogP contribution in [-0.4, -0.2) is 33.5 Å². The van der Waals surface area contributed by atoms with Gasteiger partial charge >= 0.3 is 12.2 Å². The van der Waals surface area contributed by atoms with Crippen molar-refractivity contribution in [3.05, 3.63) is 22.3 Å². The van der Waals surface area contributed by atoms with Crippen LogP contribution in [0.1, 0.15) is 47.2 Å². The average molecular weight is 403 g/mol. The van der Waals surface area contributed by atoms with E-state index in [1.807, 2.05) is 0 Å². The lowest BCUT2D eigenvalue weighted by atomic mass is 10.2. The molecule has 2 amide bonds. The Bertz CT molecular complexity index is 592. The van der Waals surface area contributed by atoms with E-state index in [1.165, 1.54) is 6.07 Å². The number of nitrogens with zero attached hydrogens (tertiary/aromatic N) is 2. The van der Waals surface area contributed by atoms with Gasteiger partial charge in [0.25, 0.3) is 0 Å². The zero-order valence-corrected chi connectivity index (χ0v) is 16.3. The first-order valence-corrected chi connectivity index (χ1v) is 8.16. The van der Waals surface area contributed by atoms with Gasteiger partial charge in [-0.1, -0.05) is 0 Å². The van der Waals surface area contributed by atoms with Gasteiger partial charge in [0.2, 0.25) is 0 Å². The second-order valence-corrected chi connectivity index (χ2v) is 7.91. The minimum Gasteiger partial charge on any atom is -0.443 e. The van der Waals surface area contributed by atoms with Crippen LogP contribution in [0.4, 0.5) is 15.4 Å². The molecule has 24 heavy (non-hydrogen) atoms. The molecular formula is C16H23BrN2O5. The van der Waals surface area contributed by atoms with Gasteiger partial charge in [0.05, 0.1) is 12.3 Å². The molecule has 0 spiro atoms. The first kappa shape index (κ1) is 20.4. The van der Waals surface area contributed by atoms with Gasteiger partial charge in [-0.15, -0.1) is 0 Å². The summed E-state index contributed by atoms with van der Waals surface area (Å²) in [6, 6.07) is 3.03. The van der Waals surface area contributed by atoms with E-state index in [1.54, 1.807) is 47.6 Å². The number of carbonyl (C=O) groups excluding carboxylic acids is 2. The van der Waals surface area contributed by atoms with Crippen molar-refractivity contribution < 1.29 is 24.2 Å². The number of imide groups is 1. The van der Waals surface area contributed by atoms with E-state index in [0.717, 1.165) is 0 Å². The molecule has 0 aliphatic carbocycles. The highest BCUT2D eigenvalue weighted by Crippen LogP contribution is 2.23. The van der Waals surface area contributed by atoms with E-state index in [4.69, 9.17) is 9.47 Å². The van der Waals surface area contributed by atoms with Gasteiger partial charge < -0.3 is 14.6 Å². The van der Waals surface area contributed by atoms with E-state index in [0.29, 0.717) is 9.37 Å². The van der Waals surface area contributed by atoms with Crippen LogP contribution in [0, 0.1) is 0 Å². The average Bonchev–Trinajstić information content (AvgIpc) is 2.36. The molecule has 1 aromatic rings. The zero-order chi connectivity index (χ0) is 18.7. The van der Waals surface area contributed by atoms with Crippen LogP contribution in [-0.2, 0) is 16.1 Å².